The number of aromatic nitrogens is 4. The number of hydrogen-bond acceptors (Lipinski definition) is 9. The minimum atomic E-state index is -0.264. The van der Waals surface area contributed by atoms with Gasteiger partial charge in [0.05, 0.1) is 31.7 Å². The van der Waals surface area contributed by atoms with Crippen molar-refractivity contribution in [1.29, 1.82) is 0 Å². The molecule has 10 heteroatoms. The van der Waals surface area contributed by atoms with E-state index in [9.17, 15) is 4.79 Å². The lowest BCUT2D eigenvalue weighted by molar-refractivity contribution is 0.0945. The second-order valence-electron chi connectivity index (χ2n) is 6.49. The average molecular weight is 395 g/mol. The summed E-state index contributed by atoms with van der Waals surface area (Å²) in [6, 6.07) is 7.06. The van der Waals surface area contributed by atoms with Crippen LogP contribution in [0.2, 0.25) is 0 Å². The number of aliphatic hydroxyl groups excluding tert-OH is 1. The summed E-state index contributed by atoms with van der Waals surface area (Å²) in [6.07, 6.45) is 1.60. The maximum Gasteiger partial charge on any atom is 0.251 e. The Balaban J connectivity index is 1.73. The van der Waals surface area contributed by atoms with Gasteiger partial charge in [0.2, 0.25) is 5.95 Å². The molecule has 1 aromatic carbocycles. The number of amides is 1. The zero-order valence-corrected chi connectivity index (χ0v) is 15.7. The first kappa shape index (κ1) is 19.0. The van der Waals surface area contributed by atoms with Crippen LogP contribution >= 0.6 is 0 Å². The number of fused-ring (bicyclic) bond motifs is 1. The highest BCUT2D eigenvalue weighted by Gasteiger charge is 2.19. The fourth-order valence-electron chi connectivity index (χ4n) is 3.14. The van der Waals surface area contributed by atoms with Crippen LogP contribution in [0.15, 0.2) is 30.5 Å². The molecular formula is C19H21N7O3. The predicted octanol–water partition coefficient (Wildman–Crippen LogP) is 0.228. The highest BCUT2D eigenvalue weighted by atomic mass is 16.5. The highest BCUT2D eigenvalue weighted by molar-refractivity contribution is 5.95. The van der Waals surface area contributed by atoms with E-state index in [0.29, 0.717) is 54.5 Å². The molecule has 1 aliphatic heterocycles. The van der Waals surface area contributed by atoms with Crippen LogP contribution in [0.5, 0.6) is 0 Å². The van der Waals surface area contributed by atoms with Gasteiger partial charge in [-0.15, -0.1) is 0 Å². The van der Waals surface area contributed by atoms with Crippen molar-refractivity contribution in [3.8, 4) is 11.3 Å². The Bertz CT molecular complexity index is 1040. The van der Waals surface area contributed by atoms with Crippen LogP contribution in [0.25, 0.3) is 22.4 Å². The predicted molar refractivity (Wildman–Crippen MR) is 107 cm³/mol. The summed E-state index contributed by atoms with van der Waals surface area (Å²) in [6.45, 7) is 2.64. The molecule has 1 aliphatic rings. The number of ether oxygens (including phenoxy) is 1. The molecule has 150 valence electrons. The number of carbonyl (C=O) groups is 1. The molecule has 29 heavy (non-hydrogen) atoms. The molecule has 3 heterocycles. The molecule has 0 saturated carbocycles. The average Bonchev–Trinajstić information content (AvgIpc) is 2.77. The first-order chi connectivity index (χ1) is 14.2. The number of aliphatic hydroxyl groups is 1. The van der Waals surface area contributed by atoms with Crippen molar-refractivity contribution in [2.75, 3.05) is 50.1 Å². The summed E-state index contributed by atoms with van der Waals surface area (Å²) in [7, 11) is 0. The number of nitrogens with zero attached hydrogens (tertiary/aromatic N) is 5. The van der Waals surface area contributed by atoms with Gasteiger partial charge < -0.3 is 25.8 Å². The van der Waals surface area contributed by atoms with E-state index in [1.165, 1.54) is 0 Å². The maximum absolute atomic E-state index is 12.2. The smallest absolute Gasteiger partial charge is 0.251 e. The molecule has 1 saturated heterocycles. The van der Waals surface area contributed by atoms with Crippen LogP contribution in [0.4, 0.5) is 11.8 Å². The van der Waals surface area contributed by atoms with E-state index in [0.717, 1.165) is 5.56 Å². The fraction of sp³-hybridized carbons (Fsp3) is 0.316. The van der Waals surface area contributed by atoms with Gasteiger partial charge in [-0.3, -0.25) is 4.79 Å². The lowest BCUT2D eigenvalue weighted by Crippen LogP contribution is -2.37. The third kappa shape index (κ3) is 4.08. The molecule has 0 bridgehead atoms. The van der Waals surface area contributed by atoms with Gasteiger partial charge in [-0.05, 0) is 12.1 Å². The van der Waals surface area contributed by atoms with Gasteiger partial charge in [-0.25, -0.2) is 9.97 Å². The molecule has 4 rings (SSSR count). The zero-order chi connectivity index (χ0) is 20.2. The molecule has 0 aliphatic carbocycles. The Morgan fingerprint density at radius 3 is 2.86 bits per heavy atom. The molecule has 3 aromatic rings. The molecule has 2 aromatic heterocycles. The van der Waals surface area contributed by atoms with Gasteiger partial charge in [0.15, 0.2) is 17.0 Å². The van der Waals surface area contributed by atoms with Crippen LogP contribution in [0, 0.1) is 0 Å². The maximum atomic E-state index is 12.2. The molecular weight excluding hydrogens is 374 g/mol. The van der Waals surface area contributed by atoms with Crippen molar-refractivity contribution in [1.82, 2.24) is 25.3 Å². The van der Waals surface area contributed by atoms with Gasteiger partial charge in [-0.2, -0.15) is 9.97 Å². The number of nitrogen functional groups attached to an aromatic ring is 1. The van der Waals surface area contributed by atoms with Crippen molar-refractivity contribution in [3.05, 3.63) is 36.0 Å². The lowest BCUT2D eigenvalue weighted by atomic mass is 10.1. The topological polar surface area (TPSA) is 139 Å². The molecule has 4 N–H and O–H groups in total. The number of nitrogens with one attached hydrogen (secondary N) is 1. The van der Waals surface area contributed by atoms with E-state index in [4.69, 9.17) is 20.6 Å². The van der Waals surface area contributed by atoms with Gasteiger partial charge in [0, 0.05) is 30.8 Å². The van der Waals surface area contributed by atoms with Crippen LogP contribution in [0.1, 0.15) is 10.4 Å². The molecule has 0 spiro atoms. The van der Waals surface area contributed by atoms with Crippen LogP contribution in [-0.2, 0) is 4.74 Å². The number of anilines is 2. The number of carbonyl (C=O) groups excluding carboxylic acids is 1. The number of hydrogen-bond donors (Lipinski definition) is 3. The van der Waals surface area contributed by atoms with Crippen LogP contribution < -0.4 is 16.0 Å². The van der Waals surface area contributed by atoms with Gasteiger partial charge in [0.25, 0.3) is 5.91 Å². The van der Waals surface area contributed by atoms with E-state index in [1.807, 2.05) is 6.07 Å². The third-order valence-electron chi connectivity index (χ3n) is 4.53. The zero-order valence-electron chi connectivity index (χ0n) is 15.7. The summed E-state index contributed by atoms with van der Waals surface area (Å²) >= 11 is 0. The van der Waals surface area contributed by atoms with E-state index in [-0.39, 0.29) is 25.0 Å². The Hall–Kier alpha value is -3.37. The van der Waals surface area contributed by atoms with E-state index >= 15 is 0 Å². The first-order valence-corrected chi connectivity index (χ1v) is 9.28. The van der Waals surface area contributed by atoms with E-state index in [1.54, 1.807) is 24.4 Å². The highest BCUT2D eigenvalue weighted by Crippen LogP contribution is 2.26. The monoisotopic (exact) mass is 395 g/mol. The van der Waals surface area contributed by atoms with Crippen molar-refractivity contribution in [2.24, 2.45) is 0 Å². The number of rotatable bonds is 5. The van der Waals surface area contributed by atoms with E-state index in [2.05, 4.69) is 25.2 Å². The molecule has 10 nitrogen and oxygen atoms in total. The van der Waals surface area contributed by atoms with Crippen molar-refractivity contribution >= 4 is 28.8 Å². The fourth-order valence-corrected chi connectivity index (χ4v) is 3.14. The number of morpholine rings is 1. The van der Waals surface area contributed by atoms with Crippen molar-refractivity contribution < 1.29 is 14.6 Å². The molecule has 0 unspecified atom stereocenters. The number of benzene rings is 1. The minimum Gasteiger partial charge on any atom is -0.395 e. The van der Waals surface area contributed by atoms with Crippen molar-refractivity contribution in [3.63, 3.8) is 0 Å². The summed E-state index contributed by atoms with van der Waals surface area (Å²) in [5.41, 5.74) is 8.63. The standard InChI is InChI=1S/C19H21N7O3/c20-19-24-16-15(17(25-19)26-5-8-29-9-6-26)23-14(11-22-16)12-2-1-3-13(10-12)18(28)21-4-7-27/h1-3,10-11,27H,4-9H2,(H,21,28)(H2,20,22,24,25). The lowest BCUT2D eigenvalue weighted by Gasteiger charge is -2.28. The second-order valence-corrected chi connectivity index (χ2v) is 6.49. The second kappa shape index (κ2) is 8.33. The summed E-state index contributed by atoms with van der Waals surface area (Å²) in [5, 5.41) is 11.5. The molecule has 1 amide bonds. The Morgan fingerprint density at radius 1 is 1.24 bits per heavy atom. The van der Waals surface area contributed by atoms with Crippen LogP contribution in [0.3, 0.4) is 0 Å². The third-order valence-corrected chi connectivity index (χ3v) is 4.53. The largest absolute Gasteiger partial charge is 0.395 e. The Morgan fingerprint density at radius 2 is 2.07 bits per heavy atom. The first-order valence-electron chi connectivity index (χ1n) is 9.28. The molecule has 0 radical (unpaired) electrons. The van der Waals surface area contributed by atoms with Crippen molar-refractivity contribution in [2.45, 2.75) is 0 Å². The Kier molecular flexibility index (Phi) is 5.45. The summed E-state index contributed by atoms with van der Waals surface area (Å²) in [4.78, 5) is 32.0. The Labute approximate surface area is 166 Å². The molecule has 0 atom stereocenters. The van der Waals surface area contributed by atoms with Gasteiger partial charge in [0.1, 0.15) is 0 Å². The normalized spacial score (nSPS) is 14.2. The SMILES string of the molecule is Nc1nc(N2CCOCC2)c2nc(-c3cccc(C(=O)NCCO)c3)cnc2n1. The molecule has 1 fully saturated rings. The number of nitrogens with two attached hydrogens (primary N) is 1. The van der Waals surface area contributed by atoms with Crippen LogP contribution in [-0.4, -0.2) is 70.4 Å². The minimum absolute atomic E-state index is 0.116. The summed E-state index contributed by atoms with van der Waals surface area (Å²) in [5.74, 6) is 0.505. The van der Waals surface area contributed by atoms with Gasteiger partial charge >= 0.3 is 0 Å². The summed E-state index contributed by atoms with van der Waals surface area (Å²) < 4.78 is 5.41. The quantitative estimate of drug-likeness (QED) is 0.554. The van der Waals surface area contributed by atoms with Gasteiger partial charge in [-0.1, -0.05) is 12.1 Å². The van der Waals surface area contributed by atoms with E-state index < -0.39 is 0 Å².